The van der Waals surface area contributed by atoms with Crippen LogP contribution in [0.15, 0.2) is 54.7 Å². The number of hydrogen-bond donors (Lipinski definition) is 1. The van der Waals surface area contributed by atoms with Crippen LogP contribution in [0.5, 0.6) is 0 Å². The number of carboxylic acids is 1. The van der Waals surface area contributed by atoms with Gasteiger partial charge in [-0.2, -0.15) is 0 Å². The molecule has 31 heavy (non-hydrogen) atoms. The van der Waals surface area contributed by atoms with Crippen LogP contribution in [0.3, 0.4) is 0 Å². The molecular weight excluding hydrogens is 454 g/mol. The molecule has 0 atom stereocenters. The molecule has 2 heterocycles. The standard InChI is InChI=1S/C22H10Cl2F3NO3/c23-13-5-6-14(25)19(24)18(13)21(29)17-9-12(20-15(26)2-1-7-28(17)20)11-4-3-10(22(30)31)8-16(11)27/h1-9H,(H,30,31). The summed E-state index contributed by atoms with van der Waals surface area (Å²) in [7, 11) is 0. The first kappa shape index (κ1) is 21.0. The Morgan fingerprint density at radius 1 is 0.871 bits per heavy atom. The van der Waals surface area contributed by atoms with Gasteiger partial charge in [-0.15, -0.1) is 0 Å². The fraction of sp³-hybridized carbons (Fsp3) is 0. The Hall–Kier alpha value is -3.29. The second kappa shape index (κ2) is 7.76. The van der Waals surface area contributed by atoms with Crippen molar-refractivity contribution in [3.8, 4) is 11.1 Å². The molecule has 0 amide bonds. The zero-order valence-electron chi connectivity index (χ0n) is 15.3. The maximum absolute atomic E-state index is 14.7. The highest BCUT2D eigenvalue weighted by molar-refractivity contribution is 6.41. The van der Waals surface area contributed by atoms with Crippen LogP contribution >= 0.6 is 23.2 Å². The molecule has 0 aliphatic heterocycles. The van der Waals surface area contributed by atoms with Crippen molar-refractivity contribution < 1.29 is 27.9 Å². The van der Waals surface area contributed by atoms with Gasteiger partial charge >= 0.3 is 5.97 Å². The molecule has 0 fully saturated rings. The van der Waals surface area contributed by atoms with Crippen molar-refractivity contribution in [3.05, 3.63) is 99.0 Å². The molecule has 4 nitrogen and oxygen atoms in total. The van der Waals surface area contributed by atoms with E-state index in [2.05, 4.69) is 0 Å². The molecule has 156 valence electrons. The minimum absolute atomic E-state index is 0.000429. The maximum atomic E-state index is 14.7. The lowest BCUT2D eigenvalue weighted by Crippen LogP contribution is -2.08. The number of carbonyl (C=O) groups excluding carboxylic acids is 1. The van der Waals surface area contributed by atoms with Gasteiger partial charge in [0.2, 0.25) is 5.78 Å². The van der Waals surface area contributed by atoms with Crippen LogP contribution in [-0.4, -0.2) is 21.3 Å². The van der Waals surface area contributed by atoms with Gasteiger partial charge in [0.25, 0.3) is 0 Å². The Labute approximate surface area is 183 Å². The molecule has 0 bridgehead atoms. The van der Waals surface area contributed by atoms with E-state index in [4.69, 9.17) is 28.3 Å². The van der Waals surface area contributed by atoms with Crippen molar-refractivity contribution in [2.75, 3.05) is 0 Å². The summed E-state index contributed by atoms with van der Waals surface area (Å²) in [6, 6.07) is 8.98. The van der Waals surface area contributed by atoms with Gasteiger partial charge in [0, 0.05) is 17.3 Å². The summed E-state index contributed by atoms with van der Waals surface area (Å²) in [6.07, 6.45) is 1.37. The van der Waals surface area contributed by atoms with Crippen molar-refractivity contribution in [3.63, 3.8) is 0 Å². The van der Waals surface area contributed by atoms with Crippen LogP contribution in [-0.2, 0) is 0 Å². The first-order chi connectivity index (χ1) is 14.7. The SMILES string of the molecule is O=C(O)c1ccc(-c2cc(C(=O)c3c(Cl)ccc(F)c3Cl)n3cccc(F)c23)c(F)c1. The van der Waals surface area contributed by atoms with Crippen LogP contribution in [0.2, 0.25) is 10.0 Å². The molecule has 0 spiro atoms. The minimum Gasteiger partial charge on any atom is -0.478 e. The number of halogens is 5. The molecule has 0 saturated carbocycles. The number of rotatable bonds is 4. The van der Waals surface area contributed by atoms with Crippen molar-refractivity contribution in [1.82, 2.24) is 4.40 Å². The molecule has 0 unspecified atom stereocenters. The molecule has 1 N–H and O–H groups in total. The van der Waals surface area contributed by atoms with E-state index in [0.717, 1.165) is 30.3 Å². The molecule has 2 aromatic carbocycles. The molecule has 9 heteroatoms. The van der Waals surface area contributed by atoms with Gasteiger partial charge in [0.15, 0.2) is 0 Å². The Balaban J connectivity index is 1.99. The zero-order valence-corrected chi connectivity index (χ0v) is 16.8. The van der Waals surface area contributed by atoms with Gasteiger partial charge in [0.1, 0.15) is 17.5 Å². The summed E-state index contributed by atoms with van der Waals surface area (Å²) in [5.41, 5.74) is -1.00. The normalized spacial score (nSPS) is 11.1. The number of carbonyl (C=O) groups is 2. The van der Waals surface area contributed by atoms with Gasteiger partial charge in [-0.05, 0) is 42.5 Å². The van der Waals surface area contributed by atoms with Crippen LogP contribution in [0.4, 0.5) is 13.2 Å². The Morgan fingerprint density at radius 2 is 1.61 bits per heavy atom. The molecule has 2 aromatic heterocycles. The lowest BCUT2D eigenvalue weighted by atomic mass is 10.0. The van der Waals surface area contributed by atoms with Gasteiger partial charge in [-0.1, -0.05) is 29.3 Å². The highest BCUT2D eigenvalue weighted by Crippen LogP contribution is 2.35. The number of aromatic nitrogens is 1. The molecule has 0 radical (unpaired) electrons. The third kappa shape index (κ3) is 3.45. The quantitative estimate of drug-likeness (QED) is 0.287. The van der Waals surface area contributed by atoms with Gasteiger partial charge in [-0.25, -0.2) is 18.0 Å². The smallest absolute Gasteiger partial charge is 0.335 e. The third-order valence-corrected chi connectivity index (χ3v) is 5.43. The topological polar surface area (TPSA) is 58.8 Å². The van der Waals surface area contributed by atoms with Gasteiger partial charge in [-0.3, -0.25) is 4.79 Å². The summed E-state index contributed by atoms with van der Waals surface area (Å²) in [5.74, 6) is -4.67. The predicted molar refractivity (Wildman–Crippen MR) is 110 cm³/mol. The second-order valence-corrected chi connectivity index (χ2v) is 7.35. The van der Waals surface area contributed by atoms with E-state index in [-0.39, 0.29) is 38.5 Å². The van der Waals surface area contributed by atoms with Gasteiger partial charge in [0.05, 0.1) is 32.4 Å². The van der Waals surface area contributed by atoms with Crippen LogP contribution in [0.1, 0.15) is 26.4 Å². The number of fused-ring (bicyclic) bond motifs is 1. The van der Waals surface area contributed by atoms with E-state index < -0.39 is 34.2 Å². The average Bonchev–Trinajstić information content (AvgIpc) is 3.11. The first-order valence-corrected chi connectivity index (χ1v) is 9.47. The molecule has 0 aliphatic rings. The Kier molecular flexibility index (Phi) is 5.24. The highest BCUT2D eigenvalue weighted by atomic mass is 35.5. The van der Waals surface area contributed by atoms with E-state index in [1.54, 1.807) is 0 Å². The minimum atomic E-state index is -1.33. The van der Waals surface area contributed by atoms with Crippen LogP contribution in [0.25, 0.3) is 16.6 Å². The maximum Gasteiger partial charge on any atom is 0.335 e. The average molecular weight is 464 g/mol. The third-order valence-electron chi connectivity index (χ3n) is 4.75. The van der Waals surface area contributed by atoms with Crippen molar-refractivity contribution in [2.24, 2.45) is 0 Å². The molecule has 0 aliphatic carbocycles. The summed E-state index contributed by atoms with van der Waals surface area (Å²) >= 11 is 12.0. The van der Waals surface area contributed by atoms with Crippen molar-refractivity contribution >= 4 is 40.5 Å². The second-order valence-electron chi connectivity index (χ2n) is 6.57. The highest BCUT2D eigenvalue weighted by Gasteiger charge is 2.26. The van der Waals surface area contributed by atoms with E-state index >= 15 is 0 Å². The van der Waals surface area contributed by atoms with Gasteiger partial charge < -0.3 is 9.51 Å². The molecule has 4 rings (SSSR count). The molecular formula is C22H10Cl2F3NO3. The van der Waals surface area contributed by atoms with Crippen molar-refractivity contribution in [2.45, 2.75) is 0 Å². The number of carboxylic acid groups (broad SMARTS) is 1. The number of nitrogens with zero attached hydrogens (tertiary/aromatic N) is 1. The van der Waals surface area contributed by atoms with E-state index in [1.165, 1.54) is 28.8 Å². The summed E-state index contributed by atoms with van der Waals surface area (Å²) in [5, 5.41) is 8.43. The summed E-state index contributed by atoms with van der Waals surface area (Å²) in [6.45, 7) is 0. The Morgan fingerprint density at radius 3 is 2.29 bits per heavy atom. The van der Waals surface area contributed by atoms with Crippen molar-refractivity contribution in [1.29, 1.82) is 0 Å². The number of ketones is 1. The summed E-state index contributed by atoms with van der Waals surface area (Å²) in [4.78, 5) is 24.3. The number of hydrogen-bond acceptors (Lipinski definition) is 2. The number of benzene rings is 2. The largest absolute Gasteiger partial charge is 0.478 e. The van der Waals surface area contributed by atoms with E-state index in [9.17, 15) is 22.8 Å². The molecule has 4 aromatic rings. The zero-order chi connectivity index (χ0) is 22.4. The van der Waals surface area contributed by atoms with Crippen LogP contribution < -0.4 is 0 Å². The lowest BCUT2D eigenvalue weighted by molar-refractivity contribution is 0.0696. The van der Waals surface area contributed by atoms with E-state index in [0.29, 0.717) is 0 Å². The Bertz CT molecular complexity index is 1400. The predicted octanol–water partition coefficient (Wildman–Crippen LogP) is 6.26. The first-order valence-electron chi connectivity index (χ1n) is 8.71. The van der Waals surface area contributed by atoms with Crippen LogP contribution in [0, 0.1) is 17.5 Å². The molecule has 0 saturated heterocycles. The number of pyridine rings is 1. The summed E-state index contributed by atoms with van der Waals surface area (Å²) < 4.78 is 44.5. The van der Waals surface area contributed by atoms with E-state index in [1.807, 2.05) is 0 Å². The monoisotopic (exact) mass is 463 g/mol. The lowest BCUT2D eigenvalue weighted by Gasteiger charge is -2.07. The fourth-order valence-electron chi connectivity index (χ4n) is 3.33. The fourth-order valence-corrected chi connectivity index (χ4v) is 3.87. The number of aromatic carboxylic acids is 1.